The van der Waals surface area contributed by atoms with E-state index in [0.717, 1.165) is 59.6 Å². The van der Waals surface area contributed by atoms with Crippen molar-refractivity contribution in [3.8, 4) is 23.0 Å². The molecule has 42 heavy (non-hydrogen) atoms. The van der Waals surface area contributed by atoms with Gasteiger partial charge in [-0.1, -0.05) is 99.2 Å². The predicted octanol–water partition coefficient (Wildman–Crippen LogP) is 11.0. The third-order valence-corrected chi connectivity index (χ3v) is 8.33. The molecule has 2 nitrogen and oxygen atoms in total. The van der Waals surface area contributed by atoms with Gasteiger partial charge in [-0.25, -0.2) is 4.85 Å². The van der Waals surface area contributed by atoms with Gasteiger partial charge in [-0.15, -0.1) is 0 Å². The predicted molar refractivity (Wildman–Crippen MR) is 176 cm³/mol. The van der Waals surface area contributed by atoms with Gasteiger partial charge in [0.05, 0.1) is 6.57 Å². The monoisotopic (exact) mass is 542 g/mol. The van der Waals surface area contributed by atoms with Gasteiger partial charge in [0.15, 0.2) is 5.69 Å². The highest BCUT2D eigenvalue weighted by molar-refractivity contribution is 5.83. The van der Waals surface area contributed by atoms with E-state index in [2.05, 4.69) is 139 Å². The van der Waals surface area contributed by atoms with Crippen LogP contribution in [-0.4, -0.2) is 0 Å². The molecule has 0 atom stereocenters. The minimum absolute atomic E-state index is 0.0630. The van der Waals surface area contributed by atoms with Gasteiger partial charge >= 0.3 is 0 Å². The summed E-state index contributed by atoms with van der Waals surface area (Å²) >= 11 is 0. The average molecular weight is 543 g/mol. The Bertz CT molecular complexity index is 1750. The van der Waals surface area contributed by atoms with Gasteiger partial charge in [-0.3, -0.25) is 0 Å². The Morgan fingerprint density at radius 1 is 0.595 bits per heavy atom. The molecule has 5 aromatic carbocycles. The van der Waals surface area contributed by atoms with E-state index >= 15 is 0 Å². The van der Waals surface area contributed by atoms with Crippen molar-refractivity contribution in [1.29, 1.82) is 0 Å². The standard InChI is InChI=1S/C40H34N2/c1-4-26-40(27-5-2)38-28-31(20-24-36(38)37-25-21-32(41-3)29-39(37)40)17-16-30-18-22-35(23-19-30)42(33-12-8-6-9-13-33)34-14-10-7-11-15-34/h6-15,18-25,28-29H,4-5,26-27H2,1-2H3. The lowest BCUT2D eigenvalue weighted by Crippen LogP contribution is -2.25. The third kappa shape index (κ3) is 4.98. The highest BCUT2D eigenvalue weighted by atomic mass is 15.1. The first-order valence-electron chi connectivity index (χ1n) is 14.9. The van der Waals surface area contributed by atoms with E-state index in [0.29, 0.717) is 0 Å². The van der Waals surface area contributed by atoms with Gasteiger partial charge in [0.25, 0.3) is 0 Å². The molecule has 0 saturated carbocycles. The van der Waals surface area contributed by atoms with E-state index in [1.54, 1.807) is 0 Å². The average Bonchev–Trinajstić information content (AvgIpc) is 3.30. The van der Waals surface area contributed by atoms with Crippen molar-refractivity contribution in [1.82, 2.24) is 0 Å². The second-order valence-electron chi connectivity index (χ2n) is 11.0. The molecule has 0 aromatic heterocycles. The summed E-state index contributed by atoms with van der Waals surface area (Å²) in [5.74, 6) is 6.88. The Labute approximate surface area is 250 Å². The van der Waals surface area contributed by atoms with Gasteiger partial charge in [0.1, 0.15) is 0 Å². The van der Waals surface area contributed by atoms with Crippen molar-refractivity contribution in [3.05, 3.63) is 155 Å². The zero-order chi connectivity index (χ0) is 28.9. The molecule has 0 aliphatic heterocycles. The van der Waals surface area contributed by atoms with Crippen LogP contribution in [0.25, 0.3) is 16.0 Å². The first-order valence-corrected chi connectivity index (χ1v) is 14.9. The van der Waals surface area contributed by atoms with Crippen LogP contribution in [0.4, 0.5) is 22.7 Å². The summed E-state index contributed by atoms with van der Waals surface area (Å²) in [5, 5.41) is 0. The molecule has 0 amide bonds. The van der Waals surface area contributed by atoms with E-state index in [4.69, 9.17) is 6.57 Å². The maximum atomic E-state index is 7.60. The molecule has 204 valence electrons. The van der Waals surface area contributed by atoms with Crippen molar-refractivity contribution in [2.24, 2.45) is 0 Å². The molecule has 5 aromatic rings. The van der Waals surface area contributed by atoms with Gasteiger partial charge in [-0.05, 0) is 95.8 Å². The van der Waals surface area contributed by atoms with Crippen LogP contribution >= 0.6 is 0 Å². The topological polar surface area (TPSA) is 7.60 Å². The summed E-state index contributed by atoms with van der Waals surface area (Å²) in [6.45, 7) is 12.1. The van der Waals surface area contributed by atoms with Gasteiger partial charge in [0.2, 0.25) is 0 Å². The van der Waals surface area contributed by atoms with Crippen molar-refractivity contribution in [2.45, 2.75) is 44.9 Å². The quantitative estimate of drug-likeness (QED) is 0.147. The van der Waals surface area contributed by atoms with E-state index in [-0.39, 0.29) is 5.41 Å². The summed E-state index contributed by atoms with van der Waals surface area (Å²) < 4.78 is 0. The molecule has 1 aliphatic rings. The van der Waals surface area contributed by atoms with E-state index in [1.165, 1.54) is 22.3 Å². The van der Waals surface area contributed by atoms with Crippen molar-refractivity contribution in [2.75, 3.05) is 4.90 Å². The van der Waals surface area contributed by atoms with E-state index < -0.39 is 0 Å². The molecule has 0 unspecified atom stereocenters. The summed E-state index contributed by atoms with van der Waals surface area (Å²) in [4.78, 5) is 6.01. The number of nitrogens with zero attached hydrogens (tertiary/aromatic N) is 2. The number of rotatable bonds is 7. The molecule has 0 spiro atoms. The second kappa shape index (κ2) is 11.8. The van der Waals surface area contributed by atoms with Crippen LogP contribution in [0.15, 0.2) is 121 Å². The number of benzene rings is 5. The third-order valence-electron chi connectivity index (χ3n) is 8.33. The molecular weight excluding hydrogens is 508 g/mol. The van der Waals surface area contributed by atoms with Crippen molar-refractivity contribution < 1.29 is 0 Å². The fraction of sp³-hybridized carbons (Fsp3) is 0.175. The van der Waals surface area contributed by atoms with E-state index in [1.807, 2.05) is 18.2 Å². The minimum atomic E-state index is -0.0630. The van der Waals surface area contributed by atoms with Gasteiger partial charge in [-0.2, -0.15) is 0 Å². The molecule has 6 rings (SSSR count). The largest absolute Gasteiger partial charge is 0.311 e. The fourth-order valence-corrected chi connectivity index (χ4v) is 6.59. The maximum Gasteiger partial charge on any atom is 0.187 e. The minimum Gasteiger partial charge on any atom is -0.311 e. The van der Waals surface area contributed by atoms with Crippen LogP contribution in [0.5, 0.6) is 0 Å². The van der Waals surface area contributed by atoms with Crippen LogP contribution in [-0.2, 0) is 5.41 Å². The lowest BCUT2D eigenvalue weighted by Gasteiger charge is -2.32. The molecule has 0 radical (unpaired) electrons. The highest BCUT2D eigenvalue weighted by Crippen LogP contribution is 2.54. The Morgan fingerprint density at radius 3 is 1.67 bits per heavy atom. The molecule has 2 heteroatoms. The van der Waals surface area contributed by atoms with Gasteiger partial charge in [0, 0.05) is 33.6 Å². The van der Waals surface area contributed by atoms with Crippen LogP contribution in [0, 0.1) is 18.4 Å². The summed E-state index contributed by atoms with van der Waals surface area (Å²) in [6.07, 6.45) is 4.32. The summed E-state index contributed by atoms with van der Waals surface area (Å²) in [6, 6.07) is 42.3. The first kappa shape index (κ1) is 27.1. The SMILES string of the molecule is [C-]#[N+]c1ccc2c(c1)C(CCC)(CCC)c1cc(C#Cc3ccc(N(c4ccccc4)c4ccccc4)cc3)ccc1-2. The molecule has 0 saturated heterocycles. The van der Waals surface area contributed by atoms with Crippen molar-refractivity contribution >= 4 is 22.7 Å². The fourth-order valence-electron chi connectivity index (χ4n) is 6.59. The number of fused-ring (bicyclic) bond motifs is 3. The molecule has 0 heterocycles. The molecule has 1 aliphatic carbocycles. The van der Waals surface area contributed by atoms with Crippen LogP contribution in [0.3, 0.4) is 0 Å². The van der Waals surface area contributed by atoms with Crippen molar-refractivity contribution in [3.63, 3.8) is 0 Å². The van der Waals surface area contributed by atoms with E-state index in [9.17, 15) is 0 Å². The number of anilines is 3. The molecular formula is C40H34N2. The van der Waals surface area contributed by atoms with Crippen LogP contribution < -0.4 is 4.90 Å². The molecule has 0 fully saturated rings. The second-order valence-corrected chi connectivity index (χ2v) is 11.0. The molecule has 0 bridgehead atoms. The summed E-state index contributed by atoms with van der Waals surface area (Å²) in [5.41, 5.74) is 11.3. The Kier molecular flexibility index (Phi) is 7.64. The smallest absolute Gasteiger partial charge is 0.187 e. The lowest BCUT2D eigenvalue weighted by molar-refractivity contribution is 0.436. The summed E-state index contributed by atoms with van der Waals surface area (Å²) in [7, 11) is 0. The Balaban J connectivity index is 1.34. The van der Waals surface area contributed by atoms with Crippen LogP contribution in [0.2, 0.25) is 0 Å². The number of para-hydroxylation sites is 2. The zero-order valence-electron chi connectivity index (χ0n) is 24.3. The maximum absolute atomic E-state index is 7.60. The van der Waals surface area contributed by atoms with Crippen LogP contribution in [0.1, 0.15) is 61.8 Å². The van der Waals surface area contributed by atoms with Gasteiger partial charge < -0.3 is 4.90 Å². The Morgan fingerprint density at radius 2 is 1.10 bits per heavy atom. The first-order chi connectivity index (χ1) is 20.7. The highest BCUT2D eigenvalue weighted by Gasteiger charge is 2.41. The zero-order valence-corrected chi connectivity index (χ0v) is 24.3. The lowest BCUT2D eigenvalue weighted by atomic mass is 9.71. The normalized spacial score (nSPS) is 12.4. The Hall–Kier alpha value is -5.05. The number of hydrogen-bond acceptors (Lipinski definition) is 1. The number of hydrogen-bond donors (Lipinski definition) is 0. The molecule has 0 N–H and O–H groups in total.